The smallest absolute Gasteiger partial charge is 0.138 e. The highest BCUT2D eigenvalue weighted by Crippen LogP contribution is 2.31. The number of nitrogens with one attached hydrogen (secondary N) is 1. The molecule has 3 heteroatoms. The molecule has 0 saturated carbocycles. The predicted octanol–water partition coefficient (Wildman–Crippen LogP) is 4.33. The monoisotopic (exact) mass is 265 g/mol. The standard InChI is InChI=1S/C15H20ClNO/c1-10-5-6-12(16)13-11(9-18-14(10)13)7-8-17-15(2,3)4/h5-6,9,17H,7-8H2,1-4H3. The van der Waals surface area contributed by atoms with E-state index in [0.29, 0.717) is 0 Å². The highest BCUT2D eigenvalue weighted by molar-refractivity contribution is 6.35. The van der Waals surface area contributed by atoms with E-state index in [1.807, 2.05) is 25.3 Å². The third kappa shape index (κ3) is 2.88. The SMILES string of the molecule is Cc1ccc(Cl)c2c(CCNC(C)(C)C)coc12. The molecule has 0 bridgehead atoms. The van der Waals surface area contributed by atoms with Gasteiger partial charge in [-0.25, -0.2) is 0 Å². The van der Waals surface area contributed by atoms with Gasteiger partial charge in [-0.2, -0.15) is 0 Å². The molecular formula is C15H20ClNO. The Morgan fingerprint density at radius 1 is 1.28 bits per heavy atom. The lowest BCUT2D eigenvalue weighted by molar-refractivity contribution is 0.429. The Hall–Kier alpha value is -0.990. The Kier molecular flexibility index (Phi) is 3.69. The zero-order valence-electron chi connectivity index (χ0n) is 11.4. The van der Waals surface area contributed by atoms with E-state index in [1.54, 1.807) is 0 Å². The first-order chi connectivity index (χ1) is 8.38. The lowest BCUT2D eigenvalue weighted by Gasteiger charge is -2.20. The number of hydrogen-bond donors (Lipinski definition) is 1. The normalized spacial score (nSPS) is 12.3. The van der Waals surface area contributed by atoms with Crippen LogP contribution in [0.4, 0.5) is 0 Å². The molecule has 1 N–H and O–H groups in total. The topological polar surface area (TPSA) is 25.2 Å². The lowest BCUT2D eigenvalue weighted by Crippen LogP contribution is -2.37. The van der Waals surface area contributed by atoms with Gasteiger partial charge in [-0.15, -0.1) is 0 Å². The molecule has 0 saturated heterocycles. The molecule has 0 aliphatic carbocycles. The van der Waals surface area contributed by atoms with Crippen LogP contribution in [0.3, 0.4) is 0 Å². The molecule has 18 heavy (non-hydrogen) atoms. The van der Waals surface area contributed by atoms with Gasteiger partial charge in [0.05, 0.1) is 11.3 Å². The first-order valence-corrected chi connectivity index (χ1v) is 6.66. The summed E-state index contributed by atoms with van der Waals surface area (Å²) in [6.07, 6.45) is 2.75. The van der Waals surface area contributed by atoms with Crippen molar-refractivity contribution in [3.63, 3.8) is 0 Å². The van der Waals surface area contributed by atoms with Crippen molar-refractivity contribution < 1.29 is 4.42 Å². The van der Waals surface area contributed by atoms with Crippen molar-refractivity contribution in [1.29, 1.82) is 0 Å². The number of furan rings is 1. The summed E-state index contributed by atoms with van der Waals surface area (Å²) in [6, 6.07) is 3.93. The second-order valence-corrected chi connectivity index (χ2v) is 6.16. The Labute approximate surface area is 113 Å². The minimum absolute atomic E-state index is 0.138. The molecule has 0 fully saturated rings. The first-order valence-electron chi connectivity index (χ1n) is 6.29. The fourth-order valence-corrected chi connectivity index (χ4v) is 2.33. The highest BCUT2D eigenvalue weighted by atomic mass is 35.5. The number of rotatable bonds is 3. The molecule has 2 rings (SSSR count). The van der Waals surface area contributed by atoms with Crippen LogP contribution in [0.15, 0.2) is 22.8 Å². The van der Waals surface area contributed by atoms with Crippen molar-refractivity contribution in [3.05, 3.63) is 34.5 Å². The van der Waals surface area contributed by atoms with Crippen LogP contribution in [0.1, 0.15) is 31.9 Å². The van der Waals surface area contributed by atoms with Gasteiger partial charge in [0.2, 0.25) is 0 Å². The Balaban J connectivity index is 2.22. The van der Waals surface area contributed by atoms with Crippen LogP contribution in [0, 0.1) is 6.92 Å². The summed E-state index contributed by atoms with van der Waals surface area (Å²) in [4.78, 5) is 0. The molecule has 1 heterocycles. The van der Waals surface area contributed by atoms with Gasteiger partial charge in [0.15, 0.2) is 0 Å². The van der Waals surface area contributed by atoms with Crippen molar-refractivity contribution >= 4 is 22.6 Å². The Bertz CT molecular complexity index is 551. The van der Waals surface area contributed by atoms with E-state index < -0.39 is 0 Å². The third-order valence-corrected chi connectivity index (χ3v) is 3.31. The predicted molar refractivity (Wildman–Crippen MR) is 77.4 cm³/mol. The molecule has 0 aliphatic heterocycles. The number of hydrogen-bond acceptors (Lipinski definition) is 2. The maximum atomic E-state index is 6.26. The van der Waals surface area contributed by atoms with E-state index in [2.05, 4.69) is 26.1 Å². The van der Waals surface area contributed by atoms with Gasteiger partial charge in [0.1, 0.15) is 5.58 Å². The molecule has 0 amide bonds. The van der Waals surface area contributed by atoms with Crippen LogP contribution in [0.25, 0.3) is 11.0 Å². The van der Waals surface area contributed by atoms with Crippen LogP contribution in [-0.4, -0.2) is 12.1 Å². The zero-order valence-corrected chi connectivity index (χ0v) is 12.2. The summed E-state index contributed by atoms with van der Waals surface area (Å²) in [5.74, 6) is 0. The number of aryl methyl sites for hydroxylation is 1. The maximum absolute atomic E-state index is 6.26. The molecule has 0 atom stereocenters. The summed E-state index contributed by atoms with van der Waals surface area (Å²) < 4.78 is 5.63. The minimum Gasteiger partial charge on any atom is -0.464 e. The largest absolute Gasteiger partial charge is 0.464 e. The van der Waals surface area contributed by atoms with Crippen LogP contribution < -0.4 is 5.32 Å². The van der Waals surface area contributed by atoms with Crippen molar-refractivity contribution in [2.75, 3.05) is 6.54 Å². The molecular weight excluding hydrogens is 246 g/mol. The number of benzene rings is 1. The molecule has 2 aromatic rings. The van der Waals surface area contributed by atoms with Crippen molar-refractivity contribution in [2.45, 2.75) is 39.7 Å². The van der Waals surface area contributed by atoms with Crippen LogP contribution in [0.2, 0.25) is 5.02 Å². The van der Waals surface area contributed by atoms with Crippen molar-refractivity contribution in [3.8, 4) is 0 Å². The van der Waals surface area contributed by atoms with E-state index in [0.717, 1.165) is 34.5 Å². The van der Waals surface area contributed by atoms with E-state index in [-0.39, 0.29) is 5.54 Å². The second-order valence-electron chi connectivity index (χ2n) is 5.76. The van der Waals surface area contributed by atoms with Crippen LogP contribution in [0.5, 0.6) is 0 Å². The molecule has 1 aromatic heterocycles. The van der Waals surface area contributed by atoms with Gasteiger partial charge < -0.3 is 9.73 Å². The summed E-state index contributed by atoms with van der Waals surface area (Å²) >= 11 is 6.26. The molecule has 0 aliphatic rings. The molecule has 0 spiro atoms. The first kappa shape index (κ1) is 13.4. The molecule has 0 unspecified atom stereocenters. The average Bonchev–Trinajstić information content (AvgIpc) is 2.67. The summed E-state index contributed by atoms with van der Waals surface area (Å²) in [6.45, 7) is 9.45. The van der Waals surface area contributed by atoms with Gasteiger partial charge >= 0.3 is 0 Å². The van der Waals surface area contributed by atoms with Crippen LogP contribution in [-0.2, 0) is 6.42 Å². The van der Waals surface area contributed by atoms with Gasteiger partial charge in [-0.1, -0.05) is 17.7 Å². The summed E-state index contributed by atoms with van der Waals surface area (Å²) in [5, 5.41) is 5.31. The van der Waals surface area contributed by atoms with E-state index in [9.17, 15) is 0 Å². The van der Waals surface area contributed by atoms with Gasteiger partial charge in [-0.3, -0.25) is 0 Å². The van der Waals surface area contributed by atoms with E-state index in [4.69, 9.17) is 16.0 Å². The third-order valence-electron chi connectivity index (χ3n) is 2.99. The van der Waals surface area contributed by atoms with E-state index in [1.165, 1.54) is 5.56 Å². The fraction of sp³-hybridized carbons (Fsp3) is 0.467. The van der Waals surface area contributed by atoms with Gasteiger partial charge in [0.25, 0.3) is 0 Å². The summed E-state index contributed by atoms with van der Waals surface area (Å²) in [7, 11) is 0. The van der Waals surface area contributed by atoms with Crippen molar-refractivity contribution in [2.24, 2.45) is 0 Å². The Morgan fingerprint density at radius 3 is 2.67 bits per heavy atom. The molecule has 98 valence electrons. The summed E-state index contributed by atoms with van der Waals surface area (Å²) in [5.41, 5.74) is 3.35. The molecule has 2 nitrogen and oxygen atoms in total. The molecule has 1 aromatic carbocycles. The minimum atomic E-state index is 0.138. The average molecular weight is 266 g/mol. The van der Waals surface area contributed by atoms with Gasteiger partial charge in [-0.05, 0) is 52.3 Å². The second kappa shape index (κ2) is 4.94. The van der Waals surface area contributed by atoms with Gasteiger partial charge in [0, 0.05) is 16.5 Å². The molecule has 0 radical (unpaired) electrons. The Morgan fingerprint density at radius 2 is 2.00 bits per heavy atom. The van der Waals surface area contributed by atoms with E-state index >= 15 is 0 Å². The maximum Gasteiger partial charge on any atom is 0.138 e. The zero-order chi connectivity index (χ0) is 13.3. The van der Waals surface area contributed by atoms with Crippen LogP contribution >= 0.6 is 11.6 Å². The number of halogens is 1. The fourth-order valence-electron chi connectivity index (χ4n) is 2.06. The number of fused-ring (bicyclic) bond motifs is 1. The lowest BCUT2D eigenvalue weighted by atomic mass is 10.1. The highest BCUT2D eigenvalue weighted by Gasteiger charge is 2.13. The quantitative estimate of drug-likeness (QED) is 0.894. The van der Waals surface area contributed by atoms with Crippen molar-refractivity contribution in [1.82, 2.24) is 5.32 Å².